The molecule has 0 unspecified atom stereocenters. The van der Waals surface area contributed by atoms with Crippen LogP contribution in [0.4, 0.5) is 0 Å². The number of amides is 2. The van der Waals surface area contributed by atoms with Crippen LogP contribution < -0.4 is 5.32 Å². The van der Waals surface area contributed by atoms with Crippen molar-refractivity contribution in [3.63, 3.8) is 0 Å². The minimum Gasteiger partial charge on any atom is -0.507 e. The van der Waals surface area contributed by atoms with Crippen molar-refractivity contribution in [2.24, 2.45) is 5.92 Å². The Balaban J connectivity index is 1.90. The topological polar surface area (TPSA) is 69.6 Å². The maximum absolute atomic E-state index is 12.4. The van der Waals surface area contributed by atoms with E-state index in [1.54, 1.807) is 12.1 Å². The van der Waals surface area contributed by atoms with Gasteiger partial charge in [-0.2, -0.15) is 0 Å². The summed E-state index contributed by atoms with van der Waals surface area (Å²) in [6, 6.07) is 5.01. The minimum absolute atomic E-state index is 0.0112. The Bertz CT molecular complexity index is 540. The number of nitrogens with zero attached hydrogens (tertiary/aromatic N) is 1. The van der Waals surface area contributed by atoms with Crippen molar-refractivity contribution in [2.45, 2.75) is 19.8 Å². The molecule has 2 rings (SSSR count). The first-order chi connectivity index (χ1) is 9.97. The Hall–Kier alpha value is -1.31. The summed E-state index contributed by atoms with van der Waals surface area (Å²) < 4.78 is 0.734. The highest BCUT2D eigenvalue weighted by Crippen LogP contribution is 2.23. The number of benzene rings is 1. The third-order valence-corrected chi connectivity index (χ3v) is 4.65. The highest BCUT2D eigenvalue weighted by Gasteiger charge is 2.24. The van der Waals surface area contributed by atoms with Gasteiger partial charge in [0.25, 0.3) is 5.91 Å². The number of phenols is 1. The Kier molecular flexibility index (Phi) is 5.44. The molecule has 2 N–H and O–H groups in total. The Labute approximate surface area is 137 Å². The molecule has 0 aromatic heterocycles. The number of aromatic hydroxyl groups is 1. The second kappa shape index (κ2) is 7.11. The van der Waals surface area contributed by atoms with Crippen LogP contribution in [0.15, 0.2) is 18.2 Å². The van der Waals surface area contributed by atoms with Crippen molar-refractivity contribution in [3.05, 3.63) is 27.3 Å². The van der Waals surface area contributed by atoms with Gasteiger partial charge in [0, 0.05) is 32.1 Å². The van der Waals surface area contributed by atoms with Crippen LogP contribution in [0, 0.1) is 9.49 Å². The molecule has 0 atom stereocenters. The second-order valence-corrected chi connectivity index (χ2v) is 6.50. The molecule has 6 heteroatoms. The maximum atomic E-state index is 12.4. The van der Waals surface area contributed by atoms with E-state index in [1.165, 1.54) is 13.0 Å². The Morgan fingerprint density at radius 3 is 2.62 bits per heavy atom. The van der Waals surface area contributed by atoms with E-state index in [1.807, 2.05) is 27.5 Å². The smallest absolute Gasteiger partial charge is 0.253 e. The van der Waals surface area contributed by atoms with Gasteiger partial charge in [-0.15, -0.1) is 0 Å². The van der Waals surface area contributed by atoms with E-state index in [0.29, 0.717) is 31.1 Å². The summed E-state index contributed by atoms with van der Waals surface area (Å²) in [6.07, 6.45) is 1.78. The van der Waals surface area contributed by atoms with Gasteiger partial charge in [-0.1, -0.05) is 0 Å². The molecule has 2 amide bonds. The van der Waals surface area contributed by atoms with Crippen LogP contribution in [0.5, 0.6) is 5.75 Å². The molecule has 1 saturated heterocycles. The normalized spacial score (nSPS) is 15.8. The molecule has 1 fully saturated rings. The fourth-order valence-corrected chi connectivity index (χ4v) is 2.79. The van der Waals surface area contributed by atoms with E-state index in [9.17, 15) is 14.7 Å². The number of carbonyl (C=O) groups excluding carboxylic acids is 2. The molecule has 1 aromatic carbocycles. The third-order valence-electron chi connectivity index (χ3n) is 3.73. The zero-order valence-corrected chi connectivity index (χ0v) is 14.1. The monoisotopic (exact) mass is 402 g/mol. The lowest BCUT2D eigenvalue weighted by Crippen LogP contribution is -2.41. The fraction of sp³-hybridized carbons (Fsp3) is 0.467. The van der Waals surface area contributed by atoms with E-state index in [-0.39, 0.29) is 17.6 Å². The molecule has 1 aliphatic rings. The molecule has 0 aliphatic carbocycles. The maximum Gasteiger partial charge on any atom is 0.253 e. The van der Waals surface area contributed by atoms with E-state index >= 15 is 0 Å². The summed E-state index contributed by atoms with van der Waals surface area (Å²) in [7, 11) is 0. The molecule has 5 nitrogen and oxygen atoms in total. The zero-order valence-electron chi connectivity index (χ0n) is 11.9. The molecule has 1 heterocycles. The summed E-state index contributed by atoms with van der Waals surface area (Å²) in [6.45, 7) is 3.58. The number of hydrogen-bond acceptors (Lipinski definition) is 3. The van der Waals surface area contributed by atoms with Crippen molar-refractivity contribution in [1.29, 1.82) is 0 Å². The minimum atomic E-state index is -0.0420. The summed E-state index contributed by atoms with van der Waals surface area (Å²) in [5.41, 5.74) is 0.522. The molecule has 1 aromatic rings. The van der Waals surface area contributed by atoms with E-state index in [4.69, 9.17) is 0 Å². The van der Waals surface area contributed by atoms with Crippen molar-refractivity contribution in [2.75, 3.05) is 19.6 Å². The van der Waals surface area contributed by atoms with Gasteiger partial charge in [-0.25, -0.2) is 0 Å². The summed E-state index contributed by atoms with van der Waals surface area (Å²) in [4.78, 5) is 25.1. The van der Waals surface area contributed by atoms with Gasteiger partial charge < -0.3 is 15.3 Å². The predicted octanol–water partition coefficient (Wildman–Crippen LogP) is 1.99. The van der Waals surface area contributed by atoms with Gasteiger partial charge in [0.1, 0.15) is 5.75 Å². The van der Waals surface area contributed by atoms with Crippen LogP contribution in [0.3, 0.4) is 0 Å². The number of carbonyl (C=O) groups is 2. The molecule has 114 valence electrons. The molecule has 1 aliphatic heterocycles. The lowest BCUT2D eigenvalue weighted by atomic mass is 9.96. The van der Waals surface area contributed by atoms with Crippen molar-refractivity contribution in [3.8, 4) is 5.75 Å². The number of hydrogen-bond donors (Lipinski definition) is 2. The van der Waals surface area contributed by atoms with Gasteiger partial charge in [-0.05, 0) is 59.5 Å². The lowest BCUT2D eigenvalue weighted by Gasteiger charge is -2.32. The first kappa shape index (κ1) is 16.1. The molecule has 21 heavy (non-hydrogen) atoms. The van der Waals surface area contributed by atoms with Crippen LogP contribution in [0.25, 0.3) is 0 Å². The number of phenolic OH excluding ortho intramolecular Hbond substituents is 1. The van der Waals surface area contributed by atoms with Crippen molar-refractivity contribution in [1.82, 2.24) is 10.2 Å². The molecular weight excluding hydrogens is 383 g/mol. The van der Waals surface area contributed by atoms with Gasteiger partial charge in [0.05, 0.1) is 3.57 Å². The highest BCUT2D eigenvalue weighted by atomic mass is 127. The summed E-state index contributed by atoms with van der Waals surface area (Å²) in [5, 5.41) is 12.5. The Morgan fingerprint density at radius 1 is 1.38 bits per heavy atom. The number of nitrogens with one attached hydrogen (secondary N) is 1. The molecule has 0 radical (unpaired) electrons. The van der Waals surface area contributed by atoms with Gasteiger partial charge >= 0.3 is 0 Å². The zero-order chi connectivity index (χ0) is 15.4. The quantitative estimate of drug-likeness (QED) is 0.760. The van der Waals surface area contributed by atoms with Crippen molar-refractivity contribution < 1.29 is 14.7 Å². The number of likely N-dealkylation sites (tertiary alicyclic amines) is 1. The predicted molar refractivity (Wildman–Crippen MR) is 88.1 cm³/mol. The first-order valence-corrected chi connectivity index (χ1v) is 8.07. The van der Waals surface area contributed by atoms with Crippen molar-refractivity contribution >= 4 is 34.4 Å². The second-order valence-electron chi connectivity index (χ2n) is 5.34. The number of halogens is 1. The summed E-state index contributed by atoms with van der Waals surface area (Å²) in [5.74, 6) is 0.521. The molecule has 0 bridgehead atoms. The average Bonchev–Trinajstić information content (AvgIpc) is 2.48. The van der Waals surface area contributed by atoms with E-state index < -0.39 is 0 Å². The third kappa shape index (κ3) is 4.33. The van der Waals surface area contributed by atoms with Gasteiger partial charge in [0.2, 0.25) is 5.91 Å². The van der Waals surface area contributed by atoms with Crippen LogP contribution in [0.2, 0.25) is 0 Å². The number of rotatable bonds is 3. The Morgan fingerprint density at radius 2 is 2.05 bits per heavy atom. The number of piperidine rings is 1. The van der Waals surface area contributed by atoms with Crippen LogP contribution >= 0.6 is 22.6 Å². The summed E-state index contributed by atoms with van der Waals surface area (Å²) >= 11 is 2.03. The lowest BCUT2D eigenvalue weighted by molar-refractivity contribution is -0.119. The molecule has 0 spiro atoms. The van der Waals surface area contributed by atoms with Crippen LogP contribution in [-0.2, 0) is 4.79 Å². The van der Waals surface area contributed by atoms with Gasteiger partial charge in [-0.3, -0.25) is 9.59 Å². The van der Waals surface area contributed by atoms with E-state index in [2.05, 4.69) is 5.32 Å². The highest BCUT2D eigenvalue weighted by molar-refractivity contribution is 14.1. The van der Waals surface area contributed by atoms with Crippen LogP contribution in [-0.4, -0.2) is 41.5 Å². The van der Waals surface area contributed by atoms with Crippen LogP contribution in [0.1, 0.15) is 30.1 Å². The SMILES string of the molecule is CC(=O)NCC1CCN(C(=O)c2ccc(I)c(O)c2)CC1. The fourth-order valence-electron chi connectivity index (χ4n) is 2.46. The average molecular weight is 402 g/mol. The largest absolute Gasteiger partial charge is 0.507 e. The first-order valence-electron chi connectivity index (χ1n) is 6.99. The standard InChI is InChI=1S/C15H19IN2O3/c1-10(19)17-9-11-4-6-18(7-5-11)15(21)12-2-3-13(16)14(20)8-12/h2-3,8,11,20H,4-7,9H2,1H3,(H,17,19). The van der Waals surface area contributed by atoms with E-state index in [0.717, 1.165) is 16.4 Å². The van der Waals surface area contributed by atoms with Gasteiger partial charge in [0.15, 0.2) is 0 Å². The molecule has 0 saturated carbocycles. The molecular formula is C15H19IN2O3.